The highest BCUT2D eigenvalue weighted by molar-refractivity contribution is 5.95. The van der Waals surface area contributed by atoms with Gasteiger partial charge in [0.05, 0.1) is 11.5 Å². The van der Waals surface area contributed by atoms with Crippen LogP contribution in [-0.4, -0.2) is 46.8 Å². The molecule has 0 spiro atoms. The number of Topliss-reactive ketones (excluding diaryl/α,β-unsaturated/α-hetero) is 2. The molecule has 0 bridgehead atoms. The third-order valence-corrected chi connectivity index (χ3v) is 5.34. The van der Waals surface area contributed by atoms with Gasteiger partial charge in [-0.1, -0.05) is 13.8 Å². The summed E-state index contributed by atoms with van der Waals surface area (Å²) in [6.07, 6.45) is 2.69. The van der Waals surface area contributed by atoms with E-state index in [9.17, 15) is 19.1 Å². The molecular weight excluding hydrogens is 321 g/mol. The van der Waals surface area contributed by atoms with Crippen LogP contribution in [0.4, 0.5) is 4.39 Å². The first-order valence-corrected chi connectivity index (χ1v) is 9.15. The normalized spacial score (nSPS) is 24.2. The summed E-state index contributed by atoms with van der Waals surface area (Å²) in [7, 11) is 0. The van der Waals surface area contributed by atoms with Gasteiger partial charge in [0.1, 0.15) is 11.6 Å². The number of ketones is 2. The van der Waals surface area contributed by atoms with Crippen LogP contribution in [-0.2, 0) is 4.79 Å². The summed E-state index contributed by atoms with van der Waals surface area (Å²) in [5, 5.41) is 10.7. The number of piperidine rings is 1. The molecule has 1 aromatic rings. The Balaban J connectivity index is 1.86. The number of benzene rings is 1. The molecule has 1 saturated heterocycles. The molecule has 25 heavy (non-hydrogen) atoms. The van der Waals surface area contributed by atoms with Gasteiger partial charge in [-0.15, -0.1) is 0 Å². The van der Waals surface area contributed by atoms with Crippen molar-refractivity contribution in [1.29, 1.82) is 0 Å². The van der Waals surface area contributed by atoms with Gasteiger partial charge in [-0.05, 0) is 50.1 Å². The van der Waals surface area contributed by atoms with Crippen LogP contribution in [0.15, 0.2) is 24.3 Å². The molecule has 0 radical (unpaired) electrons. The Hall–Kier alpha value is -1.59. The molecule has 4 nitrogen and oxygen atoms in total. The molecule has 0 amide bonds. The van der Waals surface area contributed by atoms with E-state index < -0.39 is 5.60 Å². The van der Waals surface area contributed by atoms with Gasteiger partial charge in [0.15, 0.2) is 5.78 Å². The predicted octanol–water partition coefficient (Wildman–Crippen LogP) is 3.23. The number of hydrogen-bond donors (Lipinski definition) is 1. The molecule has 0 aromatic heterocycles. The van der Waals surface area contributed by atoms with Gasteiger partial charge >= 0.3 is 0 Å². The van der Waals surface area contributed by atoms with Crippen LogP contribution in [0.5, 0.6) is 0 Å². The van der Waals surface area contributed by atoms with E-state index >= 15 is 0 Å². The summed E-state index contributed by atoms with van der Waals surface area (Å²) >= 11 is 0. The summed E-state index contributed by atoms with van der Waals surface area (Å²) in [6.45, 7) is 5.77. The van der Waals surface area contributed by atoms with E-state index in [1.54, 1.807) is 0 Å². The first kappa shape index (κ1) is 19.7. The lowest BCUT2D eigenvalue weighted by atomic mass is 9.76. The molecule has 2 atom stereocenters. The summed E-state index contributed by atoms with van der Waals surface area (Å²) in [5.41, 5.74) is -0.368. The van der Waals surface area contributed by atoms with Crippen molar-refractivity contribution < 1.29 is 19.1 Å². The maximum atomic E-state index is 12.9. The number of likely N-dealkylation sites (tertiary alicyclic amines) is 1. The second-order valence-electron chi connectivity index (χ2n) is 6.91. The lowest BCUT2D eigenvalue weighted by Crippen LogP contribution is -2.54. The zero-order valence-corrected chi connectivity index (χ0v) is 15.1. The maximum absolute atomic E-state index is 12.9. The number of hydrogen-bond acceptors (Lipinski definition) is 4. The predicted molar refractivity (Wildman–Crippen MR) is 95.1 cm³/mol. The molecule has 1 N–H and O–H groups in total. The van der Waals surface area contributed by atoms with Crippen molar-refractivity contribution in [2.75, 3.05) is 19.6 Å². The monoisotopic (exact) mass is 349 g/mol. The fraction of sp³-hybridized carbons (Fsp3) is 0.600. The molecule has 1 aliphatic heterocycles. The van der Waals surface area contributed by atoms with Crippen LogP contribution in [0.2, 0.25) is 0 Å². The lowest BCUT2D eigenvalue weighted by Gasteiger charge is -2.43. The van der Waals surface area contributed by atoms with Crippen LogP contribution >= 0.6 is 0 Å². The zero-order valence-electron chi connectivity index (χ0n) is 15.1. The molecule has 0 aliphatic carbocycles. The zero-order chi connectivity index (χ0) is 18.4. The smallest absolute Gasteiger partial charge is 0.162 e. The fourth-order valence-electron chi connectivity index (χ4n) is 3.56. The first-order chi connectivity index (χ1) is 11.9. The highest BCUT2D eigenvalue weighted by atomic mass is 19.1. The first-order valence-electron chi connectivity index (χ1n) is 9.15. The highest BCUT2D eigenvalue weighted by Gasteiger charge is 2.43. The molecule has 1 aromatic carbocycles. The average Bonchev–Trinajstić information content (AvgIpc) is 2.63. The Bertz CT molecular complexity index is 601. The molecular formula is C20H28FNO3. The molecule has 1 fully saturated rings. The van der Waals surface area contributed by atoms with Crippen LogP contribution in [0.25, 0.3) is 0 Å². The van der Waals surface area contributed by atoms with Crippen molar-refractivity contribution in [2.45, 2.75) is 51.6 Å². The minimum absolute atomic E-state index is 0.00302. The highest BCUT2D eigenvalue weighted by Crippen LogP contribution is 2.32. The molecule has 0 unspecified atom stereocenters. The summed E-state index contributed by atoms with van der Waals surface area (Å²) < 4.78 is 12.9. The summed E-state index contributed by atoms with van der Waals surface area (Å²) in [5.74, 6) is -0.580. The van der Waals surface area contributed by atoms with Crippen LogP contribution in [0.3, 0.4) is 0 Å². The average molecular weight is 349 g/mol. The van der Waals surface area contributed by atoms with Gasteiger partial charge in [-0.3, -0.25) is 9.59 Å². The van der Waals surface area contributed by atoms with Gasteiger partial charge in [-0.25, -0.2) is 4.39 Å². The largest absolute Gasteiger partial charge is 0.389 e. The van der Waals surface area contributed by atoms with Crippen LogP contribution < -0.4 is 0 Å². The fourth-order valence-corrected chi connectivity index (χ4v) is 3.56. The van der Waals surface area contributed by atoms with Crippen molar-refractivity contribution in [1.82, 2.24) is 4.90 Å². The molecule has 0 saturated carbocycles. The maximum Gasteiger partial charge on any atom is 0.162 e. The lowest BCUT2D eigenvalue weighted by molar-refractivity contribution is -0.140. The number of aliphatic hydroxyl groups is 1. The van der Waals surface area contributed by atoms with Crippen molar-refractivity contribution in [3.63, 3.8) is 0 Å². The van der Waals surface area contributed by atoms with Crippen molar-refractivity contribution in [3.05, 3.63) is 35.6 Å². The van der Waals surface area contributed by atoms with Crippen molar-refractivity contribution in [3.8, 4) is 0 Å². The Labute approximate surface area is 149 Å². The number of carbonyl (C=O) groups excluding carboxylic acids is 2. The Morgan fingerprint density at radius 1 is 1.28 bits per heavy atom. The van der Waals surface area contributed by atoms with E-state index in [0.717, 1.165) is 13.1 Å². The number of rotatable bonds is 8. The van der Waals surface area contributed by atoms with Gasteiger partial charge in [0.25, 0.3) is 0 Å². The van der Waals surface area contributed by atoms with E-state index in [1.165, 1.54) is 24.3 Å². The standard InChI is InChI=1S/C20H28FNO3/c1-3-18(23)17-14-22(13-11-20(17,25)4-2)12-5-6-19(24)15-7-9-16(21)10-8-15/h7-10,17,25H,3-6,11-14H2,1-2H3/t17-,20-/m1/s1. The van der Waals surface area contributed by atoms with E-state index in [4.69, 9.17) is 0 Å². The van der Waals surface area contributed by atoms with E-state index in [-0.39, 0.29) is 23.3 Å². The third kappa shape index (κ3) is 4.95. The Morgan fingerprint density at radius 2 is 1.96 bits per heavy atom. The van der Waals surface area contributed by atoms with Crippen LogP contribution in [0, 0.1) is 11.7 Å². The summed E-state index contributed by atoms with van der Waals surface area (Å²) in [4.78, 5) is 26.5. The van der Waals surface area contributed by atoms with E-state index in [2.05, 4.69) is 4.90 Å². The number of carbonyl (C=O) groups is 2. The number of halogens is 1. The minimum atomic E-state index is -0.895. The quantitative estimate of drug-likeness (QED) is 0.732. The van der Waals surface area contributed by atoms with Crippen molar-refractivity contribution in [2.24, 2.45) is 5.92 Å². The van der Waals surface area contributed by atoms with Crippen molar-refractivity contribution >= 4 is 11.6 Å². The second kappa shape index (κ2) is 8.68. The summed E-state index contributed by atoms with van der Waals surface area (Å²) in [6, 6.07) is 5.61. The van der Waals surface area contributed by atoms with Gasteiger partial charge in [-0.2, -0.15) is 0 Å². The molecule has 5 heteroatoms. The Kier molecular flexibility index (Phi) is 6.85. The van der Waals surface area contributed by atoms with Gasteiger partial charge < -0.3 is 10.0 Å². The molecule has 1 aliphatic rings. The van der Waals surface area contributed by atoms with Gasteiger partial charge in [0.2, 0.25) is 0 Å². The van der Waals surface area contributed by atoms with Crippen LogP contribution in [0.1, 0.15) is 56.3 Å². The van der Waals surface area contributed by atoms with E-state index in [1.807, 2.05) is 13.8 Å². The second-order valence-corrected chi connectivity index (χ2v) is 6.91. The SMILES string of the molecule is CCC(=O)[C@H]1CN(CCCC(=O)c2ccc(F)cc2)CC[C@]1(O)CC. The molecule has 1 heterocycles. The minimum Gasteiger partial charge on any atom is -0.389 e. The Morgan fingerprint density at radius 3 is 2.56 bits per heavy atom. The molecule has 138 valence electrons. The number of nitrogens with zero attached hydrogens (tertiary/aromatic N) is 1. The van der Waals surface area contributed by atoms with Gasteiger partial charge in [0, 0.05) is 31.5 Å². The molecule has 2 rings (SSSR count). The van der Waals surface area contributed by atoms with E-state index in [0.29, 0.717) is 44.2 Å². The topological polar surface area (TPSA) is 57.6 Å². The third-order valence-electron chi connectivity index (χ3n) is 5.34.